The van der Waals surface area contributed by atoms with Crippen molar-refractivity contribution in [2.45, 2.75) is 31.3 Å². The maximum absolute atomic E-state index is 13.6. The second-order valence-corrected chi connectivity index (χ2v) is 10.9. The van der Waals surface area contributed by atoms with Crippen LogP contribution in [0.15, 0.2) is 82.2 Å². The van der Waals surface area contributed by atoms with Crippen molar-refractivity contribution in [1.29, 1.82) is 0 Å². The summed E-state index contributed by atoms with van der Waals surface area (Å²) in [7, 11) is -0.000800. The fourth-order valence-electron chi connectivity index (χ4n) is 4.57. The lowest BCUT2D eigenvalue weighted by atomic mass is 9.98. The van der Waals surface area contributed by atoms with Crippen LogP contribution in [0.1, 0.15) is 17.4 Å². The molecule has 0 spiro atoms. The number of hydrogen-bond donors (Lipinski definition) is 0. The van der Waals surface area contributed by atoms with Gasteiger partial charge in [0.2, 0.25) is 0 Å². The molecule has 0 aliphatic rings. The van der Waals surface area contributed by atoms with E-state index in [-0.39, 0.29) is 29.1 Å². The summed E-state index contributed by atoms with van der Waals surface area (Å²) in [6.07, 6.45) is -8.70. The molecule has 0 aliphatic heterocycles. The van der Waals surface area contributed by atoms with Gasteiger partial charge in [0.05, 0.1) is 16.5 Å². The number of ether oxygens (including phenoxy) is 2. The molecule has 1 atom stereocenters. The standard InChI is InChI=1S/C30H23F6N3O4S/c1-17-37-26(29(31,32)33)15-39(17)25-12-9-21(20-5-4-6-23(13-20)44(40)16-41-3)14-24(25)27-28(42-18(2)38-27)19-7-10-22(11-8-19)43-30(34,35)36/h4-15H,16H2,1-3H3. The molecule has 0 N–H and O–H groups in total. The minimum Gasteiger partial charge on any atom is -0.440 e. The molecule has 44 heavy (non-hydrogen) atoms. The van der Waals surface area contributed by atoms with E-state index in [1.165, 1.54) is 30.7 Å². The molecule has 0 bridgehead atoms. The van der Waals surface area contributed by atoms with Crippen molar-refractivity contribution < 1.29 is 44.4 Å². The average Bonchev–Trinajstić information content (AvgIpc) is 3.55. The van der Waals surface area contributed by atoms with E-state index in [1.54, 1.807) is 49.4 Å². The Morgan fingerprint density at radius 2 is 1.57 bits per heavy atom. The Morgan fingerprint density at radius 1 is 0.886 bits per heavy atom. The van der Waals surface area contributed by atoms with Gasteiger partial charge < -0.3 is 18.5 Å². The quantitative estimate of drug-likeness (QED) is 0.160. The Hall–Kier alpha value is -4.43. The number of methoxy groups -OCH3 is 1. The van der Waals surface area contributed by atoms with Gasteiger partial charge >= 0.3 is 12.5 Å². The first kappa shape index (κ1) is 31.0. The van der Waals surface area contributed by atoms with Crippen molar-refractivity contribution in [2.24, 2.45) is 0 Å². The number of nitrogens with zero attached hydrogens (tertiary/aromatic N) is 3. The second-order valence-electron chi connectivity index (χ2n) is 9.54. The maximum atomic E-state index is 13.6. The second kappa shape index (κ2) is 11.9. The molecule has 0 fully saturated rings. The Bertz CT molecular complexity index is 1830. The molecule has 3 aromatic carbocycles. The number of alkyl halides is 6. The largest absolute Gasteiger partial charge is 0.573 e. The van der Waals surface area contributed by atoms with Gasteiger partial charge in [0.25, 0.3) is 0 Å². The zero-order valence-electron chi connectivity index (χ0n) is 23.3. The minimum absolute atomic E-state index is 0.0105. The van der Waals surface area contributed by atoms with Gasteiger partial charge in [-0.05, 0) is 66.6 Å². The van der Waals surface area contributed by atoms with Crippen LogP contribution in [0.2, 0.25) is 0 Å². The van der Waals surface area contributed by atoms with Crippen LogP contribution >= 0.6 is 0 Å². The van der Waals surface area contributed by atoms with Crippen molar-refractivity contribution in [3.8, 4) is 45.1 Å². The van der Waals surface area contributed by atoms with E-state index in [1.807, 2.05) is 0 Å². The van der Waals surface area contributed by atoms with Crippen LogP contribution in [0.25, 0.3) is 39.4 Å². The van der Waals surface area contributed by atoms with Gasteiger partial charge in [0, 0.05) is 36.3 Å². The molecule has 0 amide bonds. The van der Waals surface area contributed by atoms with Crippen molar-refractivity contribution in [1.82, 2.24) is 14.5 Å². The summed E-state index contributed by atoms with van der Waals surface area (Å²) in [6.45, 7) is 2.99. The maximum Gasteiger partial charge on any atom is 0.573 e. The highest BCUT2D eigenvalue weighted by Gasteiger charge is 2.35. The number of oxazole rings is 1. The molecule has 7 nitrogen and oxygen atoms in total. The summed E-state index contributed by atoms with van der Waals surface area (Å²) in [5.74, 6) is -0.0240. The number of aromatic nitrogens is 3. The van der Waals surface area contributed by atoms with Gasteiger partial charge in [0.15, 0.2) is 17.3 Å². The average molecular weight is 636 g/mol. The highest BCUT2D eigenvalue weighted by atomic mass is 32.2. The van der Waals surface area contributed by atoms with Gasteiger partial charge in [-0.3, -0.25) is 4.21 Å². The highest BCUT2D eigenvalue weighted by molar-refractivity contribution is 7.84. The molecule has 5 aromatic rings. The molecule has 0 saturated heterocycles. The predicted octanol–water partition coefficient (Wildman–Crippen LogP) is 8.11. The number of benzene rings is 3. The normalized spacial score (nSPS) is 12.8. The summed E-state index contributed by atoms with van der Waals surface area (Å²) < 4.78 is 107. The first-order valence-corrected chi connectivity index (χ1v) is 14.1. The summed E-state index contributed by atoms with van der Waals surface area (Å²) >= 11 is 0. The van der Waals surface area contributed by atoms with Crippen molar-refractivity contribution in [2.75, 3.05) is 13.0 Å². The molecule has 0 saturated carbocycles. The van der Waals surface area contributed by atoms with E-state index in [9.17, 15) is 30.6 Å². The highest BCUT2D eigenvalue weighted by Crippen LogP contribution is 2.40. The van der Waals surface area contributed by atoms with Gasteiger partial charge in [-0.25, -0.2) is 9.97 Å². The molecule has 2 aromatic heterocycles. The number of rotatable bonds is 8. The zero-order chi connectivity index (χ0) is 31.8. The van der Waals surface area contributed by atoms with Gasteiger partial charge in [-0.1, -0.05) is 18.2 Å². The van der Waals surface area contributed by atoms with Crippen molar-refractivity contribution in [3.05, 3.63) is 90.3 Å². The number of aryl methyl sites for hydroxylation is 2. The third-order valence-corrected chi connectivity index (χ3v) is 7.65. The van der Waals surface area contributed by atoms with E-state index in [4.69, 9.17) is 9.15 Å². The lowest BCUT2D eigenvalue weighted by molar-refractivity contribution is -0.274. The van der Waals surface area contributed by atoms with Gasteiger partial charge in [-0.15, -0.1) is 13.2 Å². The summed E-state index contributed by atoms with van der Waals surface area (Å²) in [5, 5.41) is 0. The van der Waals surface area contributed by atoms with E-state index < -0.39 is 34.8 Å². The topological polar surface area (TPSA) is 79.4 Å². The lowest BCUT2D eigenvalue weighted by Crippen LogP contribution is -2.16. The fraction of sp³-hybridized carbons (Fsp3) is 0.200. The minimum atomic E-state index is -4.88. The van der Waals surface area contributed by atoms with E-state index in [2.05, 4.69) is 14.7 Å². The fourth-order valence-corrected chi connectivity index (χ4v) is 5.41. The number of halogens is 6. The van der Waals surface area contributed by atoms with Crippen LogP contribution < -0.4 is 4.74 Å². The van der Waals surface area contributed by atoms with E-state index >= 15 is 0 Å². The Kier molecular flexibility index (Phi) is 8.40. The molecule has 230 valence electrons. The smallest absolute Gasteiger partial charge is 0.440 e. The van der Waals surface area contributed by atoms with Gasteiger partial charge in [-0.2, -0.15) is 13.2 Å². The summed E-state index contributed by atoms with van der Waals surface area (Å²) in [4.78, 5) is 8.71. The number of imidazole rings is 1. The molecule has 0 aliphatic carbocycles. The number of hydrogen-bond acceptors (Lipinski definition) is 6. The van der Waals surface area contributed by atoms with E-state index in [0.29, 0.717) is 32.8 Å². The Morgan fingerprint density at radius 3 is 2.20 bits per heavy atom. The first-order chi connectivity index (χ1) is 20.7. The van der Waals surface area contributed by atoms with Crippen molar-refractivity contribution >= 4 is 10.8 Å². The zero-order valence-corrected chi connectivity index (χ0v) is 24.1. The summed E-state index contributed by atoms with van der Waals surface area (Å²) in [5.41, 5.74) is 1.41. The predicted molar refractivity (Wildman–Crippen MR) is 149 cm³/mol. The molecule has 14 heteroatoms. The molecule has 5 rings (SSSR count). The first-order valence-electron chi connectivity index (χ1n) is 12.8. The molecule has 0 radical (unpaired) electrons. The van der Waals surface area contributed by atoms with Crippen LogP contribution in [-0.4, -0.2) is 38.2 Å². The molecular weight excluding hydrogens is 612 g/mol. The lowest BCUT2D eigenvalue weighted by Gasteiger charge is -2.14. The van der Waals surface area contributed by atoms with Crippen molar-refractivity contribution in [3.63, 3.8) is 0 Å². The van der Waals surface area contributed by atoms with Crippen LogP contribution in [0.4, 0.5) is 26.3 Å². The SMILES string of the molecule is COCS(=O)c1cccc(-c2ccc(-n3cc(C(F)(F)F)nc3C)c(-c3nc(C)oc3-c3ccc(OC(F)(F)F)cc3)c2)c1. The molecule has 2 heterocycles. The monoisotopic (exact) mass is 635 g/mol. The molecule has 1 unspecified atom stereocenters. The Labute approximate surface area is 249 Å². The van der Waals surface area contributed by atoms with Crippen LogP contribution in [0.3, 0.4) is 0 Å². The molecular formula is C30H23F6N3O4S. The van der Waals surface area contributed by atoms with Crippen LogP contribution in [0, 0.1) is 13.8 Å². The Balaban J connectivity index is 1.69. The third-order valence-electron chi connectivity index (χ3n) is 6.42. The van der Waals surface area contributed by atoms with Crippen LogP contribution in [-0.2, 0) is 21.7 Å². The van der Waals surface area contributed by atoms with Crippen LogP contribution in [0.5, 0.6) is 5.75 Å². The summed E-state index contributed by atoms with van der Waals surface area (Å²) in [6, 6.07) is 16.8. The van der Waals surface area contributed by atoms with E-state index in [0.717, 1.165) is 18.3 Å². The van der Waals surface area contributed by atoms with Gasteiger partial charge in [0.1, 0.15) is 23.2 Å². The third kappa shape index (κ3) is 6.70.